The number of hydrogen-bond donors (Lipinski definition) is 2. The maximum Gasteiger partial charge on any atom is 0.124 e. The number of pyridine rings is 2. The van der Waals surface area contributed by atoms with E-state index in [1.807, 2.05) is 26.0 Å². The van der Waals surface area contributed by atoms with Gasteiger partial charge in [0.1, 0.15) is 5.82 Å². The van der Waals surface area contributed by atoms with Crippen molar-refractivity contribution in [2.24, 2.45) is 0 Å². The molecular formula is C12H14N4. The number of nitrogen functional groups attached to an aromatic ring is 2. The van der Waals surface area contributed by atoms with Crippen LogP contribution in [-0.4, -0.2) is 9.97 Å². The summed E-state index contributed by atoms with van der Waals surface area (Å²) in [5.74, 6) is 0.511. The first kappa shape index (κ1) is 10.4. The minimum absolute atomic E-state index is 0.511. The third-order valence-corrected chi connectivity index (χ3v) is 2.54. The van der Waals surface area contributed by atoms with Gasteiger partial charge in [0.25, 0.3) is 0 Å². The predicted molar refractivity (Wildman–Crippen MR) is 65.8 cm³/mol. The third kappa shape index (κ3) is 1.82. The molecule has 4 heteroatoms. The zero-order chi connectivity index (χ0) is 11.7. The highest BCUT2D eigenvalue weighted by atomic mass is 14.8. The summed E-state index contributed by atoms with van der Waals surface area (Å²) in [6.07, 6.45) is 3.44. The third-order valence-electron chi connectivity index (χ3n) is 2.54. The van der Waals surface area contributed by atoms with Crippen LogP contribution >= 0.6 is 0 Å². The number of nitrogens with two attached hydrogens (primary N) is 2. The topological polar surface area (TPSA) is 77.8 Å². The van der Waals surface area contributed by atoms with Gasteiger partial charge in [-0.1, -0.05) is 0 Å². The molecule has 2 aromatic rings. The molecule has 0 radical (unpaired) electrons. The predicted octanol–water partition coefficient (Wildman–Crippen LogP) is 1.92. The Morgan fingerprint density at radius 1 is 1.06 bits per heavy atom. The average molecular weight is 214 g/mol. The normalized spacial score (nSPS) is 10.4. The maximum absolute atomic E-state index is 5.82. The zero-order valence-corrected chi connectivity index (χ0v) is 9.36. The van der Waals surface area contributed by atoms with E-state index in [9.17, 15) is 0 Å². The molecular weight excluding hydrogens is 200 g/mol. The van der Waals surface area contributed by atoms with E-state index < -0.39 is 0 Å². The summed E-state index contributed by atoms with van der Waals surface area (Å²) in [7, 11) is 0. The molecule has 0 bridgehead atoms. The monoisotopic (exact) mass is 214 g/mol. The Hall–Kier alpha value is -2.10. The fourth-order valence-corrected chi connectivity index (χ4v) is 1.68. The summed E-state index contributed by atoms with van der Waals surface area (Å²) < 4.78 is 0. The van der Waals surface area contributed by atoms with Gasteiger partial charge in [0.05, 0.1) is 11.9 Å². The number of aromatic nitrogens is 2. The highest BCUT2D eigenvalue weighted by Gasteiger charge is 2.06. The Morgan fingerprint density at radius 2 is 1.81 bits per heavy atom. The minimum atomic E-state index is 0.511. The smallest absolute Gasteiger partial charge is 0.124 e. The Bertz CT molecular complexity index is 514. The summed E-state index contributed by atoms with van der Waals surface area (Å²) in [6.45, 7) is 3.88. The van der Waals surface area contributed by atoms with Crippen molar-refractivity contribution < 1.29 is 0 Å². The molecule has 16 heavy (non-hydrogen) atoms. The van der Waals surface area contributed by atoms with Crippen LogP contribution in [0.2, 0.25) is 0 Å². The molecule has 0 spiro atoms. The lowest BCUT2D eigenvalue weighted by molar-refractivity contribution is 1.21. The Labute approximate surface area is 94.3 Å². The van der Waals surface area contributed by atoms with E-state index in [0.29, 0.717) is 11.5 Å². The second-order valence-corrected chi connectivity index (χ2v) is 3.82. The fraction of sp³-hybridized carbons (Fsp3) is 0.167. The SMILES string of the molecule is Cc1cc(-c2cncc(N)c2C)cc(N)n1. The van der Waals surface area contributed by atoms with Gasteiger partial charge >= 0.3 is 0 Å². The Kier molecular flexibility index (Phi) is 2.48. The first-order valence-electron chi connectivity index (χ1n) is 5.02. The average Bonchev–Trinajstić information content (AvgIpc) is 2.20. The van der Waals surface area contributed by atoms with Crippen molar-refractivity contribution >= 4 is 11.5 Å². The summed E-state index contributed by atoms with van der Waals surface area (Å²) in [5, 5.41) is 0. The molecule has 0 aliphatic rings. The van der Waals surface area contributed by atoms with Crippen molar-refractivity contribution in [2.75, 3.05) is 11.5 Å². The van der Waals surface area contributed by atoms with Gasteiger partial charge in [-0.2, -0.15) is 0 Å². The summed E-state index contributed by atoms with van der Waals surface area (Å²) in [5.41, 5.74) is 16.1. The lowest BCUT2D eigenvalue weighted by atomic mass is 10.0. The van der Waals surface area contributed by atoms with Crippen LogP contribution in [0.15, 0.2) is 24.5 Å². The van der Waals surface area contributed by atoms with Crippen molar-refractivity contribution in [3.63, 3.8) is 0 Å². The number of anilines is 2. The molecule has 4 N–H and O–H groups in total. The van der Waals surface area contributed by atoms with Gasteiger partial charge in [-0.3, -0.25) is 4.98 Å². The summed E-state index contributed by atoms with van der Waals surface area (Å²) in [4.78, 5) is 8.23. The number of aryl methyl sites for hydroxylation is 1. The molecule has 0 atom stereocenters. The second-order valence-electron chi connectivity index (χ2n) is 3.82. The van der Waals surface area contributed by atoms with Crippen molar-refractivity contribution in [3.8, 4) is 11.1 Å². The van der Waals surface area contributed by atoms with Crippen LogP contribution in [0.4, 0.5) is 11.5 Å². The van der Waals surface area contributed by atoms with Crippen LogP contribution in [0.3, 0.4) is 0 Å². The lowest BCUT2D eigenvalue weighted by Gasteiger charge is -2.09. The summed E-state index contributed by atoms with van der Waals surface area (Å²) >= 11 is 0. The van der Waals surface area contributed by atoms with Crippen LogP contribution in [0.1, 0.15) is 11.3 Å². The Morgan fingerprint density at radius 3 is 2.50 bits per heavy atom. The lowest BCUT2D eigenvalue weighted by Crippen LogP contribution is -1.97. The highest BCUT2D eigenvalue weighted by Crippen LogP contribution is 2.27. The van der Waals surface area contributed by atoms with E-state index in [0.717, 1.165) is 22.4 Å². The van der Waals surface area contributed by atoms with Gasteiger partial charge < -0.3 is 11.5 Å². The van der Waals surface area contributed by atoms with Gasteiger partial charge in [0.2, 0.25) is 0 Å². The highest BCUT2D eigenvalue weighted by molar-refractivity contribution is 5.73. The van der Waals surface area contributed by atoms with Crippen LogP contribution < -0.4 is 11.5 Å². The van der Waals surface area contributed by atoms with Gasteiger partial charge in [0.15, 0.2) is 0 Å². The van der Waals surface area contributed by atoms with E-state index in [1.54, 1.807) is 12.4 Å². The number of hydrogen-bond acceptors (Lipinski definition) is 4. The minimum Gasteiger partial charge on any atom is -0.397 e. The van der Waals surface area contributed by atoms with Crippen LogP contribution in [0, 0.1) is 13.8 Å². The van der Waals surface area contributed by atoms with Crippen molar-refractivity contribution in [2.45, 2.75) is 13.8 Å². The Balaban J connectivity index is 2.63. The van der Waals surface area contributed by atoms with Gasteiger partial charge in [-0.05, 0) is 37.1 Å². The van der Waals surface area contributed by atoms with E-state index in [4.69, 9.17) is 11.5 Å². The first-order valence-corrected chi connectivity index (χ1v) is 5.02. The molecule has 0 saturated heterocycles. The van der Waals surface area contributed by atoms with Crippen LogP contribution in [0.25, 0.3) is 11.1 Å². The molecule has 0 fully saturated rings. The van der Waals surface area contributed by atoms with Crippen molar-refractivity contribution in [1.82, 2.24) is 9.97 Å². The molecule has 0 saturated carbocycles. The van der Waals surface area contributed by atoms with Gasteiger partial charge in [-0.25, -0.2) is 4.98 Å². The standard InChI is InChI=1S/C12H14N4/c1-7-3-9(4-12(14)16-7)10-5-15-6-11(13)8(10)2/h3-6H,13H2,1-2H3,(H2,14,16). The van der Waals surface area contributed by atoms with Gasteiger partial charge in [0, 0.05) is 17.5 Å². The zero-order valence-electron chi connectivity index (χ0n) is 9.36. The van der Waals surface area contributed by atoms with Crippen molar-refractivity contribution in [1.29, 1.82) is 0 Å². The second kappa shape index (κ2) is 3.81. The molecule has 0 unspecified atom stereocenters. The van der Waals surface area contributed by atoms with E-state index in [-0.39, 0.29) is 0 Å². The van der Waals surface area contributed by atoms with Crippen LogP contribution in [0.5, 0.6) is 0 Å². The molecule has 0 amide bonds. The van der Waals surface area contributed by atoms with Gasteiger partial charge in [-0.15, -0.1) is 0 Å². The van der Waals surface area contributed by atoms with E-state index in [2.05, 4.69) is 9.97 Å². The van der Waals surface area contributed by atoms with Crippen LogP contribution in [-0.2, 0) is 0 Å². The summed E-state index contributed by atoms with van der Waals surface area (Å²) in [6, 6.07) is 3.80. The molecule has 82 valence electrons. The molecule has 4 nitrogen and oxygen atoms in total. The number of nitrogens with zero attached hydrogens (tertiary/aromatic N) is 2. The molecule has 2 rings (SSSR count). The molecule has 0 aromatic carbocycles. The van der Waals surface area contributed by atoms with E-state index >= 15 is 0 Å². The fourth-order valence-electron chi connectivity index (χ4n) is 1.68. The largest absolute Gasteiger partial charge is 0.397 e. The molecule has 0 aliphatic heterocycles. The quantitative estimate of drug-likeness (QED) is 0.760. The number of rotatable bonds is 1. The maximum atomic E-state index is 5.82. The van der Waals surface area contributed by atoms with E-state index in [1.165, 1.54) is 0 Å². The molecule has 0 aliphatic carbocycles. The first-order chi connectivity index (χ1) is 7.58. The molecule has 2 heterocycles. The van der Waals surface area contributed by atoms with Crippen molar-refractivity contribution in [3.05, 3.63) is 35.8 Å². The molecule has 2 aromatic heterocycles.